The minimum absolute atomic E-state index is 0.0149. The predicted molar refractivity (Wildman–Crippen MR) is 111 cm³/mol. The van der Waals surface area contributed by atoms with Crippen LogP contribution < -0.4 is 15.4 Å². The number of rotatable bonds is 6. The van der Waals surface area contributed by atoms with Crippen molar-refractivity contribution in [1.82, 2.24) is 0 Å². The molecule has 0 saturated carbocycles. The first-order valence-corrected chi connectivity index (χ1v) is 9.36. The lowest BCUT2D eigenvalue weighted by Crippen LogP contribution is -2.20. The van der Waals surface area contributed by atoms with Crippen molar-refractivity contribution in [2.45, 2.75) is 6.18 Å². The molecule has 3 rings (SSSR count). The van der Waals surface area contributed by atoms with Crippen LogP contribution in [0.2, 0.25) is 5.02 Å². The highest BCUT2D eigenvalue weighted by atomic mass is 35.5. The molecule has 0 aliphatic carbocycles. The average Bonchev–Trinajstić information content (AvgIpc) is 2.73. The number of carbonyl (C=O) groups excluding carboxylic acids is 2. The van der Waals surface area contributed by atoms with Gasteiger partial charge < -0.3 is 15.4 Å². The average molecular weight is 449 g/mol. The van der Waals surface area contributed by atoms with E-state index in [4.69, 9.17) is 16.3 Å². The molecule has 2 amide bonds. The second-order valence-corrected chi connectivity index (χ2v) is 6.78. The van der Waals surface area contributed by atoms with Crippen LogP contribution in [-0.4, -0.2) is 18.4 Å². The minimum Gasteiger partial charge on any atom is -0.484 e. The van der Waals surface area contributed by atoms with Gasteiger partial charge in [-0.15, -0.1) is 0 Å². The molecule has 0 fully saturated rings. The molecular weight excluding hydrogens is 433 g/mol. The van der Waals surface area contributed by atoms with Crippen LogP contribution in [0, 0.1) is 0 Å². The van der Waals surface area contributed by atoms with Crippen LogP contribution in [-0.2, 0) is 11.0 Å². The highest BCUT2D eigenvalue weighted by Gasteiger charge is 2.30. The first-order chi connectivity index (χ1) is 14.7. The molecule has 5 nitrogen and oxygen atoms in total. The van der Waals surface area contributed by atoms with Crippen molar-refractivity contribution >= 4 is 34.8 Å². The van der Waals surface area contributed by atoms with Gasteiger partial charge in [0.05, 0.1) is 16.1 Å². The summed E-state index contributed by atoms with van der Waals surface area (Å²) in [5.74, 6) is -0.648. The third-order valence-electron chi connectivity index (χ3n) is 4.07. The van der Waals surface area contributed by atoms with Crippen molar-refractivity contribution in [3.8, 4) is 5.75 Å². The van der Waals surface area contributed by atoms with Gasteiger partial charge in [0.1, 0.15) is 5.75 Å². The zero-order valence-electron chi connectivity index (χ0n) is 15.9. The Morgan fingerprint density at radius 1 is 0.871 bits per heavy atom. The quantitative estimate of drug-likeness (QED) is 0.513. The van der Waals surface area contributed by atoms with Crippen LogP contribution in [0.1, 0.15) is 15.9 Å². The Balaban J connectivity index is 1.53. The maximum atomic E-state index is 12.7. The number of anilines is 2. The molecule has 0 aliphatic rings. The van der Waals surface area contributed by atoms with Gasteiger partial charge in [-0.2, -0.15) is 13.2 Å². The molecule has 0 unspecified atom stereocenters. The summed E-state index contributed by atoms with van der Waals surface area (Å²) in [5.41, 5.74) is -0.0249. The first kappa shape index (κ1) is 22.2. The number of nitrogens with one attached hydrogen (secondary N) is 2. The number of halogens is 4. The summed E-state index contributed by atoms with van der Waals surface area (Å²) >= 11 is 6.00. The SMILES string of the molecule is O=C(COc1ccc(NC(=O)c2ccccc2Cl)cc1)Nc1cccc(C(F)(F)F)c1. The van der Waals surface area contributed by atoms with Crippen molar-refractivity contribution in [1.29, 1.82) is 0 Å². The Kier molecular flexibility index (Phi) is 6.81. The van der Waals surface area contributed by atoms with Gasteiger partial charge in [-0.25, -0.2) is 0 Å². The summed E-state index contributed by atoms with van der Waals surface area (Å²) in [6, 6.07) is 17.2. The molecule has 0 bridgehead atoms. The number of hydrogen-bond acceptors (Lipinski definition) is 3. The Morgan fingerprint density at radius 3 is 2.26 bits per heavy atom. The summed E-state index contributed by atoms with van der Waals surface area (Å²) in [5, 5.41) is 5.37. The maximum absolute atomic E-state index is 12.7. The Bertz CT molecular complexity index is 1090. The molecule has 0 heterocycles. The van der Waals surface area contributed by atoms with E-state index in [9.17, 15) is 22.8 Å². The number of amides is 2. The second kappa shape index (κ2) is 9.53. The molecule has 3 aromatic rings. The van der Waals surface area contributed by atoms with Crippen LogP contribution in [0.3, 0.4) is 0 Å². The standard InChI is InChI=1S/C22H16ClF3N2O3/c23-19-7-2-1-6-18(19)21(30)28-15-8-10-17(11-9-15)31-13-20(29)27-16-5-3-4-14(12-16)22(24,25)26/h1-12H,13H2,(H,27,29)(H,28,30). The number of benzene rings is 3. The van der Waals surface area contributed by atoms with Gasteiger partial charge in [-0.1, -0.05) is 29.8 Å². The molecule has 9 heteroatoms. The number of carbonyl (C=O) groups is 2. The van der Waals surface area contributed by atoms with Gasteiger partial charge in [0.25, 0.3) is 11.8 Å². The monoisotopic (exact) mass is 448 g/mol. The van der Waals surface area contributed by atoms with E-state index in [0.717, 1.165) is 12.1 Å². The summed E-state index contributed by atoms with van der Waals surface area (Å²) < 4.78 is 43.5. The summed E-state index contributed by atoms with van der Waals surface area (Å²) in [6.07, 6.45) is -4.50. The molecule has 2 N–H and O–H groups in total. The largest absolute Gasteiger partial charge is 0.484 e. The normalized spacial score (nSPS) is 11.0. The van der Waals surface area contributed by atoms with Gasteiger partial charge >= 0.3 is 6.18 Å². The summed E-state index contributed by atoms with van der Waals surface area (Å²) in [4.78, 5) is 24.2. The van der Waals surface area contributed by atoms with Crippen molar-refractivity contribution in [2.75, 3.05) is 17.2 Å². The van der Waals surface area contributed by atoms with E-state index in [1.165, 1.54) is 12.1 Å². The fraction of sp³-hybridized carbons (Fsp3) is 0.0909. The van der Waals surface area contributed by atoms with Crippen LogP contribution in [0.25, 0.3) is 0 Å². The van der Waals surface area contributed by atoms with Gasteiger partial charge in [-0.05, 0) is 54.6 Å². The predicted octanol–water partition coefficient (Wildman–Crippen LogP) is 5.63. The lowest BCUT2D eigenvalue weighted by atomic mass is 10.2. The van der Waals surface area contributed by atoms with Crippen molar-refractivity contribution < 1.29 is 27.5 Å². The summed E-state index contributed by atoms with van der Waals surface area (Å²) in [7, 11) is 0. The highest BCUT2D eigenvalue weighted by molar-refractivity contribution is 6.34. The molecule has 160 valence electrons. The third-order valence-corrected chi connectivity index (χ3v) is 4.40. The van der Waals surface area contributed by atoms with E-state index in [2.05, 4.69) is 10.6 Å². The number of ether oxygens (including phenoxy) is 1. The van der Waals surface area contributed by atoms with E-state index in [-0.39, 0.29) is 11.6 Å². The zero-order valence-corrected chi connectivity index (χ0v) is 16.6. The number of hydrogen-bond donors (Lipinski definition) is 2. The fourth-order valence-corrected chi connectivity index (χ4v) is 2.82. The molecule has 0 atom stereocenters. The number of alkyl halides is 3. The lowest BCUT2D eigenvalue weighted by Gasteiger charge is -2.11. The Hall–Kier alpha value is -3.52. The smallest absolute Gasteiger partial charge is 0.416 e. The van der Waals surface area contributed by atoms with Crippen LogP contribution in [0.5, 0.6) is 5.75 Å². The second-order valence-electron chi connectivity index (χ2n) is 6.37. The maximum Gasteiger partial charge on any atom is 0.416 e. The van der Waals surface area contributed by atoms with E-state index < -0.39 is 24.3 Å². The molecule has 0 saturated heterocycles. The van der Waals surface area contributed by atoms with Crippen molar-refractivity contribution in [3.63, 3.8) is 0 Å². The Labute approximate surface area is 180 Å². The molecule has 0 radical (unpaired) electrons. The minimum atomic E-state index is -4.50. The van der Waals surface area contributed by atoms with Crippen molar-refractivity contribution in [2.24, 2.45) is 0 Å². The van der Waals surface area contributed by atoms with Crippen molar-refractivity contribution in [3.05, 3.63) is 88.9 Å². The molecule has 0 spiro atoms. The summed E-state index contributed by atoms with van der Waals surface area (Å²) in [6.45, 7) is -0.401. The molecule has 3 aromatic carbocycles. The lowest BCUT2D eigenvalue weighted by molar-refractivity contribution is -0.137. The van der Waals surface area contributed by atoms with Gasteiger partial charge in [-0.3, -0.25) is 9.59 Å². The molecule has 0 aliphatic heterocycles. The zero-order chi connectivity index (χ0) is 22.4. The topological polar surface area (TPSA) is 67.4 Å². The third kappa shape index (κ3) is 6.23. The molecule has 0 aromatic heterocycles. The fourth-order valence-electron chi connectivity index (χ4n) is 2.60. The molecular formula is C22H16ClF3N2O3. The van der Waals surface area contributed by atoms with E-state index in [1.807, 2.05) is 0 Å². The van der Waals surface area contributed by atoms with Gasteiger partial charge in [0.15, 0.2) is 6.61 Å². The molecule has 31 heavy (non-hydrogen) atoms. The van der Waals surface area contributed by atoms with Crippen LogP contribution >= 0.6 is 11.6 Å². The van der Waals surface area contributed by atoms with Crippen LogP contribution in [0.15, 0.2) is 72.8 Å². The van der Waals surface area contributed by atoms with E-state index in [0.29, 0.717) is 22.0 Å². The van der Waals surface area contributed by atoms with E-state index >= 15 is 0 Å². The first-order valence-electron chi connectivity index (χ1n) is 8.98. The van der Waals surface area contributed by atoms with Crippen LogP contribution in [0.4, 0.5) is 24.5 Å². The highest BCUT2D eigenvalue weighted by Crippen LogP contribution is 2.30. The van der Waals surface area contributed by atoms with E-state index in [1.54, 1.807) is 48.5 Å². The van der Waals surface area contributed by atoms with Gasteiger partial charge in [0, 0.05) is 11.4 Å². The van der Waals surface area contributed by atoms with Gasteiger partial charge in [0.2, 0.25) is 0 Å². The Morgan fingerprint density at radius 2 is 1.58 bits per heavy atom.